The Morgan fingerprint density at radius 3 is 2.56 bits per heavy atom. The largest absolute Gasteiger partial charge is 0.324 e. The zero-order valence-corrected chi connectivity index (χ0v) is 10.5. The van der Waals surface area contributed by atoms with E-state index in [9.17, 15) is 0 Å². The van der Waals surface area contributed by atoms with Crippen molar-refractivity contribution in [1.29, 1.82) is 0 Å². The summed E-state index contributed by atoms with van der Waals surface area (Å²) in [6, 6.07) is 5.98. The molecule has 16 heavy (non-hydrogen) atoms. The molecule has 0 radical (unpaired) electrons. The van der Waals surface area contributed by atoms with E-state index in [1.165, 1.54) is 0 Å². The van der Waals surface area contributed by atoms with Crippen LogP contribution in [0, 0.1) is 13.8 Å². The minimum atomic E-state index is -0.0345. The molecule has 1 unspecified atom stereocenters. The maximum absolute atomic E-state index is 6.23. The minimum absolute atomic E-state index is 0.0345. The lowest BCUT2D eigenvalue weighted by Gasteiger charge is -2.12. The quantitative estimate of drug-likeness (QED) is 0.820. The molecular formula is C13H15ClN2. The highest BCUT2D eigenvalue weighted by molar-refractivity contribution is 6.35. The van der Waals surface area contributed by atoms with Crippen LogP contribution < -0.4 is 5.73 Å². The summed E-state index contributed by atoms with van der Waals surface area (Å²) in [5, 5.41) is 1.73. The van der Waals surface area contributed by atoms with Crippen molar-refractivity contribution in [3.8, 4) is 0 Å². The van der Waals surface area contributed by atoms with E-state index in [0.717, 1.165) is 32.7 Å². The van der Waals surface area contributed by atoms with Crippen LogP contribution in [0.25, 0.3) is 10.9 Å². The van der Waals surface area contributed by atoms with Crippen molar-refractivity contribution in [2.24, 2.45) is 5.73 Å². The summed E-state index contributed by atoms with van der Waals surface area (Å²) in [5.41, 5.74) is 10.0. The zero-order valence-electron chi connectivity index (χ0n) is 9.71. The second-order valence-corrected chi connectivity index (χ2v) is 4.69. The molecule has 1 aromatic carbocycles. The summed E-state index contributed by atoms with van der Waals surface area (Å²) in [4.78, 5) is 4.53. The molecule has 1 heterocycles. The molecule has 0 spiro atoms. The summed E-state index contributed by atoms with van der Waals surface area (Å²) in [6.45, 7) is 5.95. The number of hydrogen-bond acceptors (Lipinski definition) is 2. The number of fused-ring (bicyclic) bond motifs is 1. The standard InChI is InChI=1S/C13H15ClN2/c1-7-4-10(9(3)15)13-11(5-7)12(14)6-8(2)16-13/h4-6,9H,15H2,1-3H3. The first-order valence-electron chi connectivity index (χ1n) is 5.32. The number of nitrogens with two attached hydrogens (primary N) is 1. The molecule has 0 fully saturated rings. The predicted molar refractivity (Wildman–Crippen MR) is 68.8 cm³/mol. The second kappa shape index (κ2) is 4.04. The van der Waals surface area contributed by atoms with E-state index in [0.29, 0.717) is 0 Å². The molecule has 0 aliphatic carbocycles. The smallest absolute Gasteiger partial charge is 0.0767 e. The lowest BCUT2D eigenvalue weighted by atomic mass is 10.0. The van der Waals surface area contributed by atoms with Gasteiger partial charge in [0.1, 0.15) is 0 Å². The molecule has 2 aromatic rings. The lowest BCUT2D eigenvalue weighted by Crippen LogP contribution is -2.07. The minimum Gasteiger partial charge on any atom is -0.324 e. The van der Waals surface area contributed by atoms with Gasteiger partial charge < -0.3 is 5.73 Å². The molecule has 2 nitrogen and oxygen atoms in total. The number of halogens is 1. The van der Waals surface area contributed by atoms with Gasteiger partial charge in [-0.25, -0.2) is 0 Å². The number of benzene rings is 1. The Morgan fingerprint density at radius 2 is 1.94 bits per heavy atom. The number of aromatic nitrogens is 1. The summed E-state index contributed by atoms with van der Waals surface area (Å²) < 4.78 is 0. The van der Waals surface area contributed by atoms with E-state index in [2.05, 4.69) is 17.1 Å². The van der Waals surface area contributed by atoms with Crippen molar-refractivity contribution in [2.75, 3.05) is 0 Å². The molecule has 1 aromatic heterocycles. The fourth-order valence-corrected chi connectivity index (χ4v) is 2.23. The van der Waals surface area contributed by atoms with Crippen LogP contribution in [0.5, 0.6) is 0 Å². The second-order valence-electron chi connectivity index (χ2n) is 4.28. The first kappa shape index (κ1) is 11.4. The van der Waals surface area contributed by atoms with Gasteiger partial charge in [0.15, 0.2) is 0 Å². The molecule has 3 heteroatoms. The number of pyridine rings is 1. The van der Waals surface area contributed by atoms with Crippen LogP contribution in [0.3, 0.4) is 0 Å². The van der Waals surface area contributed by atoms with E-state index in [4.69, 9.17) is 17.3 Å². The van der Waals surface area contributed by atoms with Crippen molar-refractivity contribution in [2.45, 2.75) is 26.8 Å². The molecule has 2 N–H and O–H groups in total. The van der Waals surface area contributed by atoms with Gasteiger partial charge in [-0.1, -0.05) is 17.7 Å². The van der Waals surface area contributed by atoms with Gasteiger partial charge >= 0.3 is 0 Å². The molecule has 0 aliphatic rings. The fourth-order valence-electron chi connectivity index (χ4n) is 1.93. The third kappa shape index (κ3) is 1.91. The van der Waals surface area contributed by atoms with Crippen molar-refractivity contribution >= 4 is 22.5 Å². The molecular weight excluding hydrogens is 220 g/mol. The first-order valence-corrected chi connectivity index (χ1v) is 5.70. The highest BCUT2D eigenvalue weighted by Crippen LogP contribution is 2.29. The van der Waals surface area contributed by atoms with Crippen molar-refractivity contribution in [3.63, 3.8) is 0 Å². The monoisotopic (exact) mass is 234 g/mol. The fraction of sp³-hybridized carbons (Fsp3) is 0.308. The van der Waals surface area contributed by atoms with Gasteiger partial charge in [0.25, 0.3) is 0 Å². The Bertz CT molecular complexity index is 547. The predicted octanol–water partition coefficient (Wildman–Crippen LogP) is 3.52. The van der Waals surface area contributed by atoms with E-state index in [-0.39, 0.29) is 6.04 Å². The SMILES string of the molecule is Cc1cc(C(C)N)c2nc(C)cc(Cl)c2c1. The van der Waals surface area contributed by atoms with Crippen LogP contribution in [-0.2, 0) is 0 Å². The molecule has 1 atom stereocenters. The van der Waals surface area contributed by atoms with Crippen LogP contribution >= 0.6 is 11.6 Å². The molecule has 0 bridgehead atoms. The zero-order chi connectivity index (χ0) is 11.9. The van der Waals surface area contributed by atoms with Gasteiger partial charge in [-0.15, -0.1) is 0 Å². The summed E-state index contributed by atoms with van der Waals surface area (Å²) in [6.07, 6.45) is 0. The molecule has 2 rings (SSSR count). The lowest BCUT2D eigenvalue weighted by molar-refractivity contribution is 0.822. The average molecular weight is 235 g/mol. The number of nitrogens with zero attached hydrogens (tertiary/aromatic N) is 1. The average Bonchev–Trinajstić information content (AvgIpc) is 2.18. The van der Waals surface area contributed by atoms with Gasteiger partial charge in [-0.2, -0.15) is 0 Å². The van der Waals surface area contributed by atoms with Crippen LogP contribution in [0.2, 0.25) is 5.02 Å². The highest BCUT2D eigenvalue weighted by Gasteiger charge is 2.10. The molecule has 0 saturated heterocycles. The topological polar surface area (TPSA) is 38.9 Å². The van der Waals surface area contributed by atoms with Crippen molar-refractivity contribution < 1.29 is 0 Å². The molecule has 0 aliphatic heterocycles. The Balaban J connectivity index is 2.89. The van der Waals surface area contributed by atoms with Crippen molar-refractivity contribution in [1.82, 2.24) is 4.98 Å². The number of rotatable bonds is 1. The third-order valence-corrected chi connectivity index (χ3v) is 2.97. The molecule has 84 valence electrons. The van der Waals surface area contributed by atoms with Gasteiger partial charge in [-0.05, 0) is 44.0 Å². The van der Waals surface area contributed by atoms with E-state index >= 15 is 0 Å². The highest BCUT2D eigenvalue weighted by atomic mass is 35.5. The molecule has 0 saturated carbocycles. The summed E-state index contributed by atoms with van der Waals surface area (Å²) in [5.74, 6) is 0. The summed E-state index contributed by atoms with van der Waals surface area (Å²) in [7, 11) is 0. The van der Waals surface area contributed by atoms with Gasteiger partial charge in [0.05, 0.1) is 10.5 Å². The van der Waals surface area contributed by atoms with Gasteiger partial charge in [0.2, 0.25) is 0 Å². The van der Waals surface area contributed by atoms with Crippen LogP contribution in [0.4, 0.5) is 0 Å². The Labute approximate surface area is 100 Å². The van der Waals surface area contributed by atoms with Gasteiger partial charge in [0, 0.05) is 17.1 Å². The third-order valence-electron chi connectivity index (χ3n) is 2.66. The Kier molecular flexibility index (Phi) is 2.87. The normalized spacial score (nSPS) is 13.1. The maximum atomic E-state index is 6.23. The Hall–Kier alpha value is -1.12. The number of aryl methyl sites for hydroxylation is 2. The van der Waals surface area contributed by atoms with Crippen LogP contribution in [0.15, 0.2) is 18.2 Å². The number of hydrogen-bond donors (Lipinski definition) is 1. The molecule has 0 amide bonds. The maximum Gasteiger partial charge on any atom is 0.0767 e. The Morgan fingerprint density at radius 1 is 1.25 bits per heavy atom. The summed E-state index contributed by atoms with van der Waals surface area (Å²) >= 11 is 6.23. The first-order chi connectivity index (χ1) is 7.49. The van der Waals surface area contributed by atoms with Crippen LogP contribution in [0.1, 0.15) is 29.8 Å². The van der Waals surface area contributed by atoms with E-state index in [1.807, 2.05) is 26.8 Å². The van der Waals surface area contributed by atoms with Crippen molar-refractivity contribution in [3.05, 3.63) is 40.0 Å². The van der Waals surface area contributed by atoms with Crippen LogP contribution in [-0.4, -0.2) is 4.98 Å². The van der Waals surface area contributed by atoms with E-state index in [1.54, 1.807) is 0 Å². The van der Waals surface area contributed by atoms with Gasteiger partial charge in [-0.3, -0.25) is 4.98 Å². The van der Waals surface area contributed by atoms with E-state index < -0.39 is 0 Å².